The van der Waals surface area contributed by atoms with Gasteiger partial charge in [-0.05, 0) is 6.07 Å². The van der Waals surface area contributed by atoms with E-state index in [0.717, 1.165) is 6.07 Å². The number of ether oxygens (including phenoxy) is 1. The first-order valence-electron chi connectivity index (χ1n) is 3.79. The van der Waals surface area contributed by atoms with Crippen molar-refractivity contribution >= 4 is 0 Å². The summed E-state index contributed by atoms with van der Waals surface area (Å²) in [5, 5.41) is 5.50. The Balaban J connectivity index is 2.08. The third-order valence-corrected chi connectivity index (χ3v) is 1.77. The summed E-state index contributed by atoms with van der Waals surface area (Å²) in [6.07, 6.45) is -3.82. The number of rotatable bonds is 2. The molecule has 6 heteroatoms. The summed E-state index contributed by atoms with van der Waals surface area (Å²) in [4.78, 5) is 0. The number of aromatic amines is 1. The van der Waals surface area contributed by atoms with Crippen LogP contribution in [-0.4, -0.2) is 22.9 Å². The summed E-state index contributed by atoms with van der Waals surface area (Å²) in [5.41, 5.74) is -0.405. The first-order chi connectivity index (χ1) is 6.05. The molecule has 3 nitrogen and oxygen atoms in total. The zero-order valence-corrected chi connectivity index (χ0v) is 6.56. The Bertz CT molecular complexity index is 303. The fourth-order valence-corrected chi connectivity index (χ4v) is 1.04. The average molecular weight is 192 g/mol. The van der Waals surface area contributed by atoms with Crippen molar-refractivity contribution in [3.63, 3.8) is 0 Å². The van der Waals surface area contributed by atoms with Gasteiger partial charge in [-0.1, -0.05) is 0 Å². The fourth-order valence-electron chi connectivity index (χ4n) is 1.04. The molecule has 0 spiro atoms. The Morgan fingerprint density at radius 2 is 2.31 bits per heavy atom. The van der Waals surface area contributed by atoms with Gasteiger partial charge in [0.15, 0.2) is 5.69 Å². The van der Waals surface area contributed by atoms with E-state index < -0.39 is 11.9 Å². The largest absolute Gasteiger partial charge is 0.435 e. The van der Waals surface area contributed by atoms with Crippen molar-refractivity contribution < 1.29 is 17.9 Å². The number of hydrogen-bond donors (Lipinski definition) is 1. The maximum absolute atomic E-state index is 12.0. The molecule has 0 aliphatic carbocycles. The van der Waals surface area contributed by atoms with Gasteiger partial charge in [0.25, 0.3) is 0 Å². The maximum Gasteiger partial charge on any atom is 0.435 e. The molecule has 1 aromatic rings. The number of aromatic nitrogens is 2. The highest BCUT2D eigenvalue weighted by molar-refractivity contribution is 5.12. The molecule has 0 saturated carbocycles. The number of alkyl halides is 3. The van der Waals surface area contributed by atoms with Crippen LogP contribution in [-0.2, 0) is 17.3 Å². The summed E-state index contributed by atoms with van der Waals surface area (Å²) in [6.45, 7) is 0.625. The van der Waals surface area contributed by atoms with Crippen molar-refractivity contribution in [3.8, 4) is 0 Å². The molecule has 1 saturated heterocycles. The summed E-state index contributed by atoms with van der Waals surface area (Å²) < 4.78 is 41.0. The van der Waals surface area contributed by atoms with Crippen LogP contribution in [0, 0.1) is 0 Å². The number of halogens is 3. The van der Waals surface area contributed by atoms with Crippen LogP contribution in [0.1, 0.15) is 11.4 Å². The number of H-pyrrole nitrogens is 1. The van der Waals surface area contributed by atoms with Crippen LogP contribution in [0.25, 0.3) is 0 Å². The van der Waals surface area contributed by atoms with Crippen LogP contribution in [0.4, 0.5) is 13.2 Å². The number of nitrogens with zero attached hydrogens (tertiary/aromatic N) is 1. The van der Waals surface area contributed by atoms with E-state index >= 15 is 0 Å². The van der Waals surface area contributed by atoms with Gasteiger partial charge < -0.3 is 4.74 Å². The van der Waals surface area contributed by atoms with Crippen molar-refractivity contribution in [1.82, 2.24) is 10.2 Å². The Kier molecular flexibility index (Phi) is 1.80. The number of nitrogens with one attached hydrogen (secondary N) is 1. The van der Waals surface area contributed by atoms with Crippen LogP contribution in [0.5, 0.6) is 0 Å². The van der Waals surface area contributed by atoms with Crippen molar-refractivity contribution in [2.45, 2.75) is 18.7 Å². The van der Waals surface area contributed by atoms with Gasteiger partial charge in [0.05, 0.1) is 12.7 Å². The average Bonchev–Trinajstić information content (AvgIpc) is 2.63. The Morgan fingerprint density at radius 1 is 1.62 bits per heavy atom. The van der Waals surface area contributed by atoms with E-state index in [-0.39, 0.29) is 6.10 Å². The minimum Gasteiger partial charge on any atom is -0.373 e. The fraction of sp³-hybridized carbons (Fsp3) is 0.571. The molecule has 1 aliphatic heterocycles. The number of hydrogen-bond acceptors (Lipinski definition) is 2. The predicted molar refractivity (Wildman–Crippen MR) is 37.0 cm³/mol. The third-order valence-electron chi connectivity index (χ3n) is 1.77. The second-order valence-corrected chi connectivity index (χ2v) is 2.94. The molecule has 0 aromatic carbocycles. The molecular weight excluding hydrogens is 185 g/mol. The molecule has 1 aliphatic rings. The maximum atomic E-state index is 12.0. The molecule has 0 radical (unpaired) electrons. The summed E-state index contributed by atoms with van der Waals surface area (Å²) >= 11 is 0. The topological polar surface area (TPSA) is 41.2 Å². The van der Waals surface area contributed by atoms with E-state index in [1.165, 1.54) is 0 Å². The zero-order valence-electron chi connectivity index (χ0n) is 6.56. The highest BCUT2D eigenvalue weighted by Crippen LogP contribution is 2.28. The van der Waals surface area contributed by atoms with Crippen molar-refractivity contribution in [2.75, 3.05) is 6.61 Å². The van der Waals surface area contributed by atoms with Gasteiger partial charge in [0.1, 0.15) is 0 Å². The van der Waals surface area contributed by atoms with Gasteiger partial charge in [-0.25, -0.2) is 0 Å². The lowest BCUT2D eigenvalue weighted by atomic mass is 10.2. The zero-order chi connectivity index (χ0) is 9.47. The Hall–Kier alpha value is -1.04. The van der Waals surface area contributed by atoms with Crippen molar-refractivity contribution in [1.29, 1.82) is 0 Å². The molecule has 72 valence electrons. The smallest absolute Gasteiger partial charge is 0.373 e. The van der Waals surface area contributed by atoms with Crippen LogP contribution in [0.15, 0.2) is 6.07 Å². The molecule has 2 rings (SSSR count). The molecule has 1 atom stereocenters. The van der Waals surface area contributed by atoms with E-state index in [0.29, 0.717) is 18.7 Å². The molecule has 1 N–H and O–H groups in total. The molecule has 1 fully saturated rings. The lowest BCUT2D eigenvalue weighted by Crippen LogP contribution is -2.04. The highest BCUT2D eigenvalue weighted by Gasteiger charge is 2.34. The van der Waals surface area contributed by atoms with E-state index in [1.54, 1.807) is 0 Å². The first-order valence-corrected chi connectivity index (χ1v) is 3.79. The van der Waals surface area contributed by atoms with Gasteiger partial charge >= 0.3 is 6.18 Å². The van der Waals surface area contributed by atoms with Crippen LogP contribution >= 0.6 is 0 Å². The lowest BCUT2D eigenvalue weighted by molar-refractivity contribution is -0.141. The van der Waals surface area contributed by atoms with Crippen LogP contribution in [0.2, 0.25) is 0 Å². The molecule has 2 heterocycles. The quantitative estimate of drug-likeness (QED) is 0.719. The monoisotopic (exact) mass is 192 g/mol. The summed E-state index contributed by atoms with van der Waals surface area (Å²) in [6, 6.07) is 1.02. The predicted octanol–water partition coefficient (Wildman–Crippen LogP) is 1.37. The summed E-state index contributed by atoms with van der Waals surface area (Å²) in [7, 11) is 0. The minimum absolute atomic E-state index is 0.0709. The van der Waals surface area contributed by atoms with E-state index in [4.69, 9.17) is 4.74 Å². The molecule has 1 unspecified atom stereocenters. The van der Waals surface area contributed by atoms with E-state index in [9.17, 15) is 13.2 Å². The molecule has 0 bridgehead atoms. The van der Waals surface area contributed by atoms with Gasteiger partial charge in [0, 0.05) is 12.1 Å². The van der Waals surface area contributed by atoms with Crippen molar-refractivity contribution in [3.05, 3.63) is 17.5 Å². The van der Waals surface area contributed by atoms with Gasteiger partial charge in [0.2, 0.25) is 0 Å². The SMILES string of the molecule is FC(F)(F)c1cc(CC2CO2)[nH]n1. The van der Waals surface area contributed by atoms with Gasteiger partial charge in [-0.3, -0.25) is 5.10 Å². The minimum atomic E-state index is -4.36. The highest BCUT2D eigenvalue weighted by atomic mass is 19.4. The normalized spacial score (nSPS) is 21.9. The van der Waals surface area contributed by atoms with Gasteiger partial charge in [-0.15, -0.1) is 0 Å². The number of epoxide rings is 1. The molecule has 0 amide bonds. The van der Waals surface area contributed by atoms with Gasteiger partial charge in [-0.2, -0.15) is 18.3 Å². The van der Waals surface area contributed by atoms with Crippen LogP contribution < -0.4 is 0 Å². The van der Waals surface area contributed by atoms with Crippen LogP contribution in [0.3, 0.4) is 0 Å². The Morgan fingerprint density at radius 3 is 2.77 bits per heavy atom. The third kappa shape index (κ3) is 2.00. The first kappa shape index (κ1) is 8.55. The standard InChI is InChI=1S/C7H7F3N2O/c8-7(9,10)6-2-4(11-12-6)1-5-3-13-5/h2,5H,1,3H2,(H,11,12). The second-order valence-electron chi connectivity index (χ2n) is 2.94. The molecular formula is C7H7F3N2O. The Labute approximate surface area is 71.9 Å². The molecule has 1 aromatic heterocycles. The van der Waals surface area contributed by atoms with E-state index in [1.807, 2.05) is 0 Å². The molecule has 13 heavy (non-hydrogen) atoms. The summed E-state index contributed by atoms with van der Waals surface area (Å²) in [5.74, 6) is 0. The lowest BCUT2D eigenvalue weighted by Gasteiger charge is -1.98. The van der Waals surface area contributed by atoms with E-state index in [2.05, 4.69) is 10.2 Å². The van der Waals surface area contributed by atoms with Crippen molar-refractivity contribution in [2.24, 2.45) is 0 Å². The second kappa shape index (κ2) is 2.73.